The van der Waals surface area contributed by atoms with E-state index in [-0.39, 0.29) is 0 Å². The number of primary amides is 1. The van der Waals surface area contributed by atoms with Crippen LogP contribution in [0.5, 0.6) is 0 Å². The average Bonchev–Trinajstić information content (AvgIpc) is 2.14. The van der Waals surface area contributed by atoms with Crippen LogP contribution in [0.25, 0.3) is 0 Å². The molecule has 0 spiro atoms. The predicted molar refractivity (Wildman–Crippen MR) is 57.6 cm³/mol. The van der Waals surface area contributed by atoms with Crippen molar-refractivity contribution >= 4 is 11.9 Å². The minimum atomic E-state index is -1.26. The third kappa shape index (κ3) is 1.58. The van der Waals surface area contributed by atoms with Gasteiger partial charge in [-0.1, -0.05) is 12.1 Å². The highest BCUT2D eigenvalue weighted by atomic mass is 19.1. The summed E-state index contributed by atoms with van der Waals surface area (Å²) < 4.78 is 13.1. The average molecular weight is 237 g/mol. The first kappa shape index (κ1) is 11.6. The standard InChI is InChI=1S/C12H12FNO3/c13-8-3-1-2-7(6-8)12(11(14)17)5-4-9(12)10(15)16/h1-3,6,9H,4-5H2,(H2,14,17)(H,15,16). The maximum absolute atomic E-state index is 13.1. The SMILES string of the molecule is NC(=O)C1(c2cccc(F)c2)CCC1C(=O)O. The van der Waals surface area contributed by atoms with Gasteiger partial charge in [0.25, 0.3) is 0 Å². The van der Waals surface area contributed by atoms with E-state index in [2.05, 4.69) is 0 Å². The van der Waals surface area contributed by atoms with Crippen LogP contribution in [0.15, 0.2) is 24.3 Å². The Bertz CT molecular complexity index is 488. The predicted octanol–water partition coefficient (Wildman–Crippen LogP) is 1.04. The molecule has 0 heterocycles. The summed E-state index contributed by atoms with van der Waals surface area (Å²) in [5.74, 6) is -3.14. The Morgan fingerprint density at radius 3 is 2.59 bits per heavy atom. The van der Waals surface area contributed by atoms with E-state index in [0.717, 1.165) is 0 Å². The first-order valence-electron chi connectivity index (χ1n) is 5.27. The first-order chi connectivity index (χ1) is 7.98. The Balaban J connectivity index is 2.50. The maximum Gasteiger partial charge on any atom is 0.307 e. The summed E-state index contributed by atoms with van der Waals surface area (Å²) in [6, 6.07) is 5.42. The van der Waals surface area contributed by atoms with Gasteiger partial charge < -0.3 is 10.8 Å². The van der Waals surface area contributed by atoms with Crippen LogP contribution in [0.2, 0.25) is 0 Å². The molecule has 1 aliphatic carbocycles. The van der Waals surface area contributed by atoms with Crippen molar-refractivity contribution in [3.05, 3.63) is 35.6 Å². The zero-order valence-electron chi connectivity index (χ0n) is 9.02. The number of hydrogen-bond donors (Lipinski definition) is 2. The van der Waals surface area contributed by atoms with Crippen LogP contribution in [0.1, 0.15) is 18.4 Å². The lowest BCUT2D eigenvalue weighted by Crippen LogP contribution is -2.56. The normalized spacial score (nSPS) is 27.2. The molecule has 0 aromatic heterocycles. The minimum absolute atomic E-state index is 0.350. The quantitative estimate of drug-likeness (QED) is 0.824. The Labute approximate surface area is 97.2 Å². The summed E-state index contributed by atoms with van der Waals surface area (Å²) in [7, 11) is 0. The lowest BCUT2D eigenvalue weighted by molar-refractivity contribution is -0.154. The molecule has 4 nitrogen and oxygen atoms in total. The van der Waals surface area contributed by atoms with Gasteiger partial charge in [-0.2, -0.15) is 0 Å². The number of carboxylic acids is 1. The number of halogens is 1. The molecular weight excluding hydrogens is 225 g/mol. The van der Waals surface area contributed by atoms with Crippen LogP contribution in [-0.2, 0) is 15.0 Å². The molecule has 1 aliphatic rings. The molecule has 3 N–H and O–H groups in total. The molecule has 1 aromatic carbocycles. The number of carbonyl (C=O) groups excluding carboxylic acids is 1. The number of rotatable bonds is 3. The Morgan fingerprint density at radius 1 is 1.47 bits per heavy atom. The molecule has 0 bridgehead atoms. The van der Waals surface area contributed by atoms with Gasteiger partial charge in [0, 0.05) is 0 Å². The molecule has 2 unspecified atom stereocenters. The second kappa shape index (κ2) is 3.84. The van der Waals surface area contributed by atoms with Crippen LogP contribution in [0.4, 0.5) is 4.39 Å². The Morgan fingerprint density at radius 2 is 2.18 bits per heavy atom. The lowest BCUT2D eigenvalue weighted by atomic mass is 9.56. The van der Waals surface area contributed by atoms with Gasteiger partial charge in [0.05, 0.1) is 11.3 Å². The fourth-order valence-corrected chi connectivity index (χ4v) is 2.46. The first-order valence-corrected chi connectivity index (χ1v) is 5.27. The van der Waals surface area contributed by atoms with E-state index in [4.69, 9.17) is 10.8 Å². The van der Waals surface area contributed by atoms with E-state index in [9.17, 15) is 14.0 Å². The zero-order valence-corrected chi connectivity index (χ0v) is 9.02. The largest absolute Gasteiger partial charge is 0.481 e. The van der Waals surface area contributed by atoms with Crippen molar-refractivity contribution in [1.82, 2.24) is 0 Å². The number of amides is 1. The van der Waals surface area contributed by atoms with E-state index in [1.54, 1.807) is 6.07 Å². The van der Waals surface area contributed by atoms with Crippen LogP contribution >= 0.6 is 0 Å². The Hall–Kier alpha value is -1.91. The molecule has 2 rings (SSSR count). The van der Waals surface area contributed by atoms with Crippen molar-refractivity contribution in [2.24, 2.45) is 11.7 Å². The molecule has 0 saturated heterocycles. The molecule has 1 amide bonds. The second-order valence-corrected chi connectivity index (χ2v) is 4.28. The molecular formula is C12H12FNO3. The van der Waals surface area contributed by atoms with Crippen LogP contribution in [-0.4, -0.2) is 17.0 Å². The van der Waals surface area contributed by atoms with Crippen molar-refractivity contribution in [3.63, 3.8) is 0 Å². The summed E-state index contributed by atoms with van der Waals surface area (Å²) in [6.45, 7) is 0. The smallest absolute Gasteiger partial charge is 0.307 e. The molecule has 1 fully saturated rings. The topological polar surface area (TPSA) is 80.4 Å². The zero-order chi connectivity index (χ0) is 12.6. The summed E-state index contributed by atoms with van der Waals surface area (Å²) in [5.41, 5.74) is 4.41. The summed E-state index contributed by atoms with van der Waals surface area (Å²) in [4.78, 5) is 22.6. The van der Waals surface area contributed by atoms with E-state index in [1.807, 2.05) is 0 Å². The monoisotopic (exact) mass is 237 g/mol. The highest BCUT2D eigenvalue weighted by Crippen LogP contribution is 2.48. The number of carboxylic acid groups (broad SMARTS) is 1. The summed E-state index contributed by atoms with van der Waals surface area (Å²) >= 11 is 0. The van der Waals surface area contributed by atoms with Gasteiger partial charge in [0.15, 0.2) is 0 Å². The van der Waals surface area contributed by atoms with E-state index in [0.29, 0.717) is 18.4 Å². The van der Waals surface area contributed by atoms with Crippen LogP contribution in [0.3, 0.4) is 0 Å². The summed E-state index contributed by atoms with van der Waals surface area (Å²) in [6.07, 6.45) is 0.734. The van der Waals surface area contributed by atoms with Crippen molar-refractivity contribution in [1.29, 1.82) is 0 Å². The number of aliphatic carboxylic acids is 1. The number of hydrogen-bond acceptors (Lipinski definition) is 2. The molecule has 17 heavy (non-hydrogen) atoms. The fraction of sp³-hybridized carbons (Fsp3) is 0.333. The molecule has 0 aliphatic heterocycles. The third-order valence-electron chi connectivity index (χ3n) is 3.50. The van der Waals surface area contributed by atoms with Crippen molar-refractivity contribution in [2.45, 2.75) is 18.3 Å². The fourth-order valence-electron chi connectivity index (χ4n) is 2.46. The van der Waals surface area contributed by atoms with Gasteiger partial charge in [0.1, 0.15) is 5.82 Å². The highest BCUT2D eigenvalue weighted by molar-refractivity contribution is 5.94. The van der Waals surface area contributed by atoms with E-state index < -0.39 is 29.0 Å². The van der Waals surface area contributed by atoms with E-state index in [1.165, 1.54) is 18.2 Å². The molecule has 2 atom stereocenters. The number of benzene rings is 1. The van der Waals surface area contributed by atoms with Gasteiger partial charge >= 0.3 is 5.97 Å². The molecule has 1 saturated carbocycles. The van der Waals surface area contributed by atoms with Gasteiger partial charge in [-0.15, -0.1) is 0 Å². The van der Waals surface area contributed by atoms with Gasteiger partial charge in [-0.3, -0.25) is 9.59 Å². The van der Waals surface area contributed by atoms with Crippen LogP contribution < -0.4 is 5.73 Å². The third-order valence-corrected chi connectivity index (χ3v) is 3.50. The maximum atomic E-state index is 13.1. The number of carbonyl (C=O) groups is 2. The van der Waals surface area contributed by atoms with Gasteiger partial charge in [-0.05, 0) is 30.5 Å². The summed E-state index contributed by atoms with van der Waals surface area (Å²) in [5, 5.41) is 9.05. The van der Waals surface area contributed by atoms with Gasteiger partial charge in [-0.25, -0.2) is 4.39 Å². The molecule has 90 valence electrons. The lowest BCUT2D eigenvalue weighted by Gasteiger charge is -2.45. The molecule has 1 aromatic rings. The van der Waals surface area contributed by atoms with Crippen molar-refractivity contribution < 1.29 is 19.1 Å². The molecule has 5 heteroatoms. The highest BCUT2D eigenvalue weighted by Gasteiger charge is 2.56. The van der Waals surface area contributed by atoms with Crippen LogP contribution in [0, 0.1) is 11.7 Å². The second-order valence-electron chi connectivity index (χ2n) is 4.28. The van der Waals surface area contributed by atoms with Crippen molar-refractivity contribution in [3.8, 4) is 0 Å². The Kier molecular flexibility index (Phi) is 2.61. The van der Waals surface area contributed by atoms with E-state index >= 15 is 0 Å². The van der Waals surface area contributed by atoms with Crippen molar-refractivity contribution in [2.75, 3.05) is 0 Å². The minimum Gasteiger partial charge on any atom is -0.481 e. The van der Waals surface area contributed by atoms with Gasteiger partial charge in [0.2, 0.25) is 5.91 Å². The number of nitrogens with two attached hydrogens (primary N) is 1. The molecule has 0 radical (unpaired) electrons.